The van der Waals surface area contributed by atoms with Crippen LogP contribution in [0.15, 0.2) is 24.3 Å². The first-order valence-corrected chi connectivity index (χ1v) is 8.15. The van der Waals surface area contributed by atoms with Crippen molar-refractivity contribution in [3.63, 3.8) is 0 Å². The fourth-order valence-electron chi connectivity index (χ4n) is 3.40. The molecule has 0 radical (unpaired) electrons. The lowest BCUT2D eigenvalue weighted by atomic mass is 9.71. The number of hydrogen-bond donors (Lipinski definition) is 2. The minimum absolute atomic E-state index is 0.0229. The Bertz CT molecular complexity index is 476. The second kappa shape index (κ2) is 7.08. The van der Waals surface area contributed by atoms with Gasteiger partial charge < -0.3 is 11.1 Å². The van der Waals surface area contributed by atoms with Gasteiger partial charge in [0.1, 0.15) is 0 Å². The Balaban J connectivity index is 2.04. The maximum atomic E-state index is 12.5. The largest absolute Gasteiger partial charge is 0.330 e. The molecule has 1 amide bonds. The van der Waals surface area contributed by atoms with E-state index in [1.807, 2.05) is 18.2 Å². The van der Waals surface area contributed by atoms with E-state index in [-0.39, 0.29) is 11.3 Å². The Kier molecular flexibility index (Phi) is 5.40. The van der Waals surface area contributed by atoms with Crippen LogP contribution in [0.2, 0.25) is 0 Å². The van der Waals surface area contributed by atoms with E-state index < -0.39 is 0 Å². The van der Waals surface area contributed by atoms with E-state index >= 15 is 0 Å². The zero-order valence-corrected chi connectivity index (χ0v) is 13.3. The molecule has 1 aromatic rings. The van der Waals surface area contributed by atoms with Gasteiger partial charge in [0, 0.05) is 12.1 Å². The maximum absolute atomic E-state index is 12.5. The van der Waals surface area contributed by atoms with Crippen LogP contribution in [0.5, 0.6) is 0 Å². The standard InChI is InChI=1S/C18H28N2O/c1-14(2)15-8-4-5-9-16(15)20-17(21)12-18(13-19)10-6-3-7-11-18/h4-5,8-9,14H,3,6-7,10-13,19H2,1-2H3,(H,20,21). The summed E-state index contributed by atoms with van der Waals surface area (Å²) < 4.78 is 0. The molecule has 3 heteroatoms. The van der Waals surface area contributed by atoms with Crippen molar-refractivity contribution in [1.29, 1.82) is 0 Å². The molecule has 0 atom stereocenters. The van der Waals surface area contributed by atoms with Crippen LogP contribution in [-0.4, -0.2) is 12.5 Å². The second-order valence-electron chi connectivity index (χ2n) is 6.73. The number of rotatable bonds is 5. The highest BCUT2D eigenvalue weighted by atomic mass is 16.1. The molecule has 0 bridgehead atoms. The van der Waals surface area contributed by atoms with Crippen molar-refractivity contribution in [2.45, 2.75) is 58.3 Å². The summed E-state index contributed by atoms with van der Waals surface area (Å²) in [5.41, 5.74) is 8.14. The Morgan fingerprint density at radius 1 is 1.24 bits per heavy atom. The highest BCUT2D eigenvalue weighted by Gasteiger charge is 2.33. The number of carbonyl (C=O) groups is 1. The molecule has 3 nitrogen and oxygen atoms in total. The topological polar surface area (TPSA) is 55.1 Å². The van der Waals surface area contributed by atoms with Gasteiger partial charge in [-0.2, -0.15) is 0 Å². The first kappa shape index (κ1) is 16.0. The average molecular weight is 288 g/mol. The van der Waals surface area contributed by atoms with Crippen LogP contribution < -0.4 is 11.1 Å². The molecule has 2 rings (SSSR count). The van der Waals surface area contributed by atoms with Crippen molar-refractivity contribution in [2.24, 2.45) is 11.1 Å². The van der Waals surface area contributed by atoms with Crippen LogP contribution in [-0.2, 0) is 4.79 Å². The van der Waals surface area contributed by atoms with E-state index in [0.29, 0.717) is 18.9 Å². The van der Waals surface area contributed by atoms with Gasteiger partial charge in [0.05, 0.1) is 0 Å². The van der Waals surface area contributed by atoms with Gasteiger partial charge in [-0.15, -0.1) is 0 Å². The van der Waals surface area contributed by atoms with Gasteiger partial charge in [0.15, 0.2) is 0 Å². The maximum Gasteiger partial charge on any atom is 0.224 e. The minimum Gasteiger partial charge on any atom is -0.330 e. The quantitative estimate of drug-likeness (QED) is 0.859. The van der Waals surface area contributed by atoms with Crippen molar-refractivity contribution in [3.8, 4) is 0 Å². The summed E-state index contributed by atoms with van der Waals surface area (Å²) in [6.45, 7) is 4.91. The summed E-state index contributed by atoms with van der Waals surface area (Å²) in [5.74, 6) is 0.509. The molecule has 116 valence electrons. The van der Waals surface area contributed by atoms with Gasteiger partial charge in [-0.3, -0.25) is 4.79 Å². The molecule has 0 aromatic heterocycles. The van der Waals surface area contributed by atoms with Crippen LogP contribution in [0.1, 0.15) is 63.9 Å². The van der Waals surface area contributed by atoms with Gasteiger partial charge in [0.25, 0.3) is 0 Å². The summed E-state index contributed by atoms with van der Waals surface area (Å²) in [7, 11) is 0. The lowest BCUT2D eigenvalue weighted by Gasteiger charge is -2.35. The van der Waals surface area contributed by atoms with E-state index in [9.17, 15) is 4.79 Å². The van der Waals surface area contributed by atoms with Crippen LogP contribution in [0.25, 0.3) is 0 Å². The molecule has 0 spiro atoms. The summed E-state index contributed by atoms with van der Waals surface area (Å²) in [4.78, 5) is 12.5. The SMILES string of the molecule is CC(C)c1ccccc1NC(=O)CC1(CN)CCCCC1. The highest BCUT2D eigenvalue weighted by molar-refractivity contribution is 5.92. The molecule has 0 aliphatic heterocycles. The molecule has 3 N–H and O–H groups in total. The molecule has 1 saturated carbocycles. The number of amides is 1. The number of nitrogens with one attached hydrogen (secondary N) is 1. The Morgan fingerprint density at radius 3 is 2.52 bits per heavy atom. The lowest BCUT2D eigenvalue weighted by Crippen LogP contribution is -2.36. The Morgan fingerprint density at radius 2 is 1.90 bits per heavy atom. The summed E-state index contributed by atoms with van der Waals surface area (Å²) >= 11 is 0. The number of nitrogens with two attached hydrogens (primary N) is 1. The molecule has 0 heterocycles. The number of para-hydroxylation sites is 1. The van der Waals surface area contributed by atoms with E-state index in [1.165, 1.54) is 24.8 Å². The first-order chi connectivity index (χ1) is 10.1. The van der Waals surface area contributed by atoms with Crippen LogP contribution in [0.4, 0.5) is 5.69 Å². The third kappa shape index (κ3) is 4.07. The lowest BCUT2D eigenvalue weighted by molar-refractivity contribution is -0.118. The van der Waals surface area contributed by atoms with Crippen molar-refractivity contribution in [1.82, 2.24) is 0 Å². The third-order valence-corrected chi connectivity index (χ3v) is 4.74. The molecule has 1 aromatic carbocycles. The van der Waals surface area contributed by atoms with Gasteiger partial charge in [-0.05, 0) is 42.3 Å². The molecular weight excluding hydrogens is 260 g/mol. The molecule has 1 aliphatic rings. The number of benzene rings is 1. The fourth-order valence-corrected chi connectivity index (χ4v) is 3.40. The smallest absolute Gasteiger partial charge is 0.224 e. The summed E-state index contributed by atoms with van der Waals surface area (Å²) in [6.07, 6.45) is 6.40. The molecule has 1 aliphatic carbocycles. The van der Waals surface area contributed by atoms with Crippen molar-refractivity contribution >= 4 is 11.6 Å². The van der Waals surface area contributed by atoms with Crippen molar-refractivity contribution in [3.05, 3.63) is 29.8 Å². The van der Waals surface area contributed by atoms with Crippen molar-refractivity contribution < 1.29 is 4.79 Å². The predicted octanol–water partition coefficient (Wildman–Crippen LogP) is 4.05. The van der Waals surface area contributed by atoms with Gasteiger partial charge in [-0.25, -0.2) is 0 Å². The number of carbonyl (C=O) groups excluding carboxylic acids is 1. The van der Waals surface area contributed by atoms with E-state index in [4.69, 9.17) is 5.73 Å². The van der Waals surface area contributed by atoms with Gasteiger partial charge in [0.2, 0.25) is 5.91 Å². The van der Waals surface area contributed by atoms with E-state index in [0.717, 1.165) is 18.5 Å². The molecule has 0 unspecified atom stereocenters. The normalized spacial score (nSPS) is 17.7. The van der Waals surface area contributed by atoms with E-state index in [1.54, 1.807) is 0 Å². The number of anilines is 1. The molecule has 1 fully saturated rings. The Hall–Kier alpha value is -1.35. The van der Waals surface area contributed by atoms with Crippen LogP contribution in [0.3, 0.4) is 0 Å². The van der Waals surface area contributed by atoms with Crippen molar-refractivity contribution in [2.75, 3.05) is 11.9 Å². The zero-order valence-electron chi connectivity index (χ0n) is 13.3. The third-order valence-electron chi connectivity index (χ3n) is 4.74. The number of hydrogen-bond acceptors (Lipinski definition) is 2. The molecule has 0 saturated heterocycles. The average Bonchev–Trinajstić information content (AvgIpc) is 2.48. The minimum atomic E-state index is 0.0229. The van der Waals surface area contributed by atoms with Gasteiger partial charge >= 0.3 is 0 Å². The first-order valence-electron chi connectivity index (χ1n) is 8.15. The summed E-state index contributed by atoms with van der Waals surface area (Å²) in [6, 6.07) is 8.07. The molecule has 21 heavy (non-hydrogen) atoms. The van der Waals surface area contributed by atoms with E-state index in [2.05, 4.69) is 25.2 Å². The monoisotopic (exact) mass is 288 g/mol. The predicted molar refractivity (Wildman–Crippen MR) is 88.4 cm³/mol. The summed E-state index contributed by atoms with van der Waals surface area (Å²) in [5, 5.41) is 3.10. The Labute approximate surface area is 128 Å². The highest BCUT2D eigenvalue weighted by Crippen LogP contribution is 2.38. The second-order valence-corrected chi connectivity index (χ2v) is 6.73. The molecular formula is C18H28N2O. The van der Waals surface area contributed by atoms with Crippen LogP contribution >= 0.6 is 0 Å². The van der Waals surface area contributed by atoms with Crippen LogP contribution in [0, 0.1) is 5.41 Å². The van der Waals surface area contributed by atoms with Gasteiger partial charge in [-0.1, -0.05) is 51.3 Å². The fraction of sp³-hybridized carbons (Fsp3) is 0.611. The zero-order chi connectivity index (χ0) is 15.3.